The van der Waals surface area contributed by atoms with Gasteiger partial charge in [-0.25, -0.2) is 0 Å². The molecule has 6 nitrogen and oxygen atoms in total. The lowest BCUT2D eigenvalue weighted by Crippen LogP contribution is -2.42. The van der Waals surface area contributed by atoms with Gasteiger partial charge >= 0.3 is 5.97 Å². The van der Waals surface area contributed by atoms with Crippen molar-refractivity contribution in [1.82, 2.24) is 10.2 Å². The molecule has 6 heteroatoms. The van der Waals surface area contributed by atoms with Gasteiger partial charge in [0.25, 0.3) is 0 Å². The molecule has 0 rings (SSSR count). The molecule has 0 unspecified atom stereocenters. The van der Waals surface area contributed by atoms with E-state index in [1.54, 1.807) is 39.8 Å². The molecule has 0 bridgehead atoms. The molecule has 0 aliphatic heterocycles. The first kappa shape index (κ1) is 17.6. The van der Waals surface area contributed by atoms with Crippen LogP contribution in [0.3, 0.4) is 0 Å². The number of carbonyl (C=O) groups excluding carboxylic acids is 3. The van der Waals surface area contributed by atoms with E-state index < -0.39 is 11.4 Å². The van der Waals surface area contributed by atoms with Crippen molar-refractivity contribution in [1.29, 1.82) is 0 Å². The highest BCUT2D eigenvalue weighted by Crippen LogP contribution is 2.19. The van der Waals surface area contributed by atoms with E-state index in [1.165, 1.54) is 0 Å². The van der Waals surface area contributed by atoms with Crippen LogP contribution in [0.25, 0.3) is 0 Å². The third kappa shape index (κ3) is 5.83. The van der Waals surface area contributed by atoms with Crippen LogP contribution in [0, 0.1) is 5.41 Å². The quantitative estimate of drug-likeness (QED) is 0.505. The molecular formula is C13H24N2O4. The Bertz CT molecular complexity index is 340. The van der Waals surface area contributed by atoms with E-state index in [-0.39, 0.29) is 24.8 Å². The van der Waals surface area contributed by atoms with E-state index in [4.69, 9.17) is 4.74 Å². The Kier molecular flexibility index (Phi) is 7.29. The van der Waals surface area contributed by atoms with Crippen LogP contribution in [0.5, 0.6) is 0 Å². The monoisotopic (exact) mass is 272 g/mol. The molecule has 19 heavy (non-hydrogen) atoms. The third-order valence-electron chi connectivity index (χ3n) is 2.90. The van der Waals surface area contributed by atoms with Gasteiger partial charge in [-0.05, 0) is 27.8 Å². The minimum absolute atomic E-state index is 0.0797. The summed E-state index contributed by atoms with van der Waals surface area (Å²) < 4.78 is 4.88. The molecule has 0 radical (unpaired) electrons. The Labute approximate surface area is 114 Å². The van der Waals surface area contributed by atoms with E-state index in [1.807, 2.05) is 0 Å². The summed E-state index contributed by atoms with van der Waals surface area (Å²) in [6.07, 6.45) is 0.320. The van der Waals surface area contributed by atoms with Crippen molar-refractivity contribution in [3.63, 3.8) is 0 Å². The average Bonchev–Trinajstić information content (AvgIpc) is 2.35. The van der Waals surface area contributed by atoms with E-state index in [0.717, 1.165) is 0 Å². The molecule has 0 heterocycles. The Morgan fingerprint density at radius 3 is 2.32 bits per heavy atom. The van der Waals surface area contributed by atoms with Crippen LogP contribution in [-0.4, -0.2) is 56.4 Å². The van der Waals surface area contributed by atoms with Gasteiger partial charge in [0.15, 0.2) is 5.78 Å². The van der Waals surface area contributed by atoms with E-state index in [0.29, 0.717) is 13.0 Å². The zero-order chi connectivity index (χ0) is 15.1. The highest BCUT2D eigenvalue weighted by molar-refractivity contribution is 6.03. The van der Waals surface area contributed by atoms with Crippen LogP contribution in [0.15, 0.2) is 0 Å². The normalized spacial score (nSPS) is 11.3. The Morgan fingerprint density at radius 1 is 1.26 bits per heavy atom. The first-order chi connectivity index (χ1) is 8.75. The SMILES string of the molecule is CCOC(=O)C(C)(C)C(=O)CN(C)CCC(=O)NC. The largest absolute Gasteiger partial charge is 0.465 e. The predicted molar refractivity (Wildman–Crippen MR) is 71.6 cm³/mol. The summed E-state index contributed by atoms with van der Waals surface area (Å²) in [7, 11) is 3.30. The van der Waals surface area contributed by atoms with Gasteiger partial charge < -0.3 is 10.1 Å². The number of ketones is 1. The molecule has 0 aromatic rings. The number of likely N-dealkylation sites (N-methyl/N-ethyl adjacent to an activating group) is 1. The second-order valence-corrected chi connectivity index (χ2v) is 4.93. The lowest BCUT2D eigenvalue weighted by atomic mass is 9.88. The number of carbonyl (C=O) groups is 3. The first-order valence-electron chi connectivity index (χ1n) is 6.35. The minimum Gasteiger partial charge on any atom is -0.465 e. The Morgan fingerprint density at radius 2 is 1.84 bits per heavy atom. The summed E-state index contributed by atoms with van der Waals surface area (Å²) in [5.41, 5.74) is -1.16. The van der Waals surface area contributed by atoms with Crippen molar-refractivity contribution in [3.8, 4) is 0 Å². The standard InChI is InChI=1S/C13H24N2O4/c1-6-19-12(18)13(2,3)10(16)9-15(5)8-7-11(17)14-4/h6-9H2,1-5H3,(H,14,17). The van der Waals surface area contributed by atoms with Gasteiger partial charge in [-0.15, -0.1) is 0 Å². The summed E-state index contributed by atoms with van der Waals surface area (Å²) in [5, 5.41) is 2.51. The predicted octanol–water partition coefficient (Wildman–Crippen LogP) is 0.213. The topological polar surface area (TPSA) is 75.7 Å². The summed E-state index contributed by atoms with van der Waals surface area (Å²) in [4.78, 5) is 36.6. The number of esters is 1. The van der Waals surface area contributed by atoms with Crippen LogP contribution < -0.4 is 5.32 Å². The average molecular weight is 272 g/mol. The number of amides is 1. The summed E-state index contributed by atoms with van der Waals surface area (Å²) >= 11 is 0. The number of Topliss-reactive ketones (excluding diaryl/α,β-unsaturated/α-hetero) is 1. The zero-order valence-electron chi connectivity index (χ0n) is 12.4. The highest BCUT2D eigenvalue weighted by atomic mass is 16.5. The van der Waals surface area contributed by atoms with Gasteiger partial charge in [0.05, 0.1) is 13.2 Å². The van der Waals surface area contributed by atoms with Gasteiger partial charge in [0.2, 0.25) is 5.91 Å². The van der Waals surface area contributed by atoms with E-state index >= 15 is 0 Å². The maximum absolute atomic E-state index is 12.1. The Hall–Kier alpha value is -1.43. The molecule has 0 aromatic heterocycles. The van der Waals surface area contributed by atoms with E-state index in [2.05, 4.69) is 5.32 Å². The van der Waals surface area contributed by atoms with Crippen molar-refractivity contribution < 1.29 is 19.1 Å². The third-order valence-corrected chi connectivity index (χ3v) is 2.90. The van der Waals surface area contributed by atoms with Gasteiger partial charge in [0, 0.05) is 20.0 Å². The fraction of sp³-hybridized carbons (Fsp3) is 0.769. The van der Waals surface area contributed by atoms with Crippen molar-refractivity contribution in [2.75, 3.05) is 33.8 Å². The molecular weight excluding hydrogens is 248 g/mol. The molecule has 1 amide bonds. The van der Waals surface area contributed by atoms with Crippen molar-refractivity contribution >= 4 is 17.7 Å². The summed E-state index contributed by atoms with van der Waals surface area (Å²) in [5.74, 6) is -0.811. The molecule has 0 aromatic carbocycles. The fourth-order valence-corrected chi connectivity index (χ4v) is 1.36. The van der Waals surface area contributed by atoms with Crippen molar-refractivity contribution in [2.45, 2.75) is 27.2 Å². The maximum Gasteiger partial charge on any atom is 0.319 e. The maximum atomic E-state index is 12.1. The molecule has 110 valence electrons. The molecule has 0 spiro atoms. The number of rotatable bonds is 8. The highest BCUT2D eigenvalue weighted by Gasteiger charge is 2.37. The van der Waals surface area contributed by atoms with E-state index in [9.17, 15) is 14.4 Å². The van der Waals surface area contributed by atoms with Gasteiger partial charge in [0.1, 0.15) is 5.41 Å². The smallest absolute Gasteiger partial charge is 0.319 e. The second kappa shape index (κ2) is 7.89. The molecule has 1 N–H and O–H groups in total. The number of hydrogen-bond donors (Lipinski definition) is 1. The number of nitrogens with zero attached hydrogens (tertiary/aromatic N) is 1. The number of nitrogens with one attached hydrogen (secondary N) is 1. The van der Waals surface area contributed by atoms with Gasteiger partial charge in [-0.2, -0.15) is 0 Å². The minimum atomic E-state index is -1.16. The second-order valence-electron chi connectivity index (χ2n) is 4.93. The summed E-state index contributed by atoms with van der Waals surface area (Å²) in [6.45, 7) is 5.64. The van der Waals surface area contributed by atoms with Crippen LogP contribution in [0.1, 0.15) is 27.2 Å². The number of hydrogen-bond acceptors (Lipinski definition) is 5. The van der Waals surface area contributed by atoms with Crippen LogP contribution in [0.2, 0.25) is 0 Å². The molecule has 0 aliphatic rings. The lowest BCUT2D eigenvalue weighted by Gasteiger charge is -2.24. The van der Waals surface area contributed by atoms with Crippen LogP contribution in [0.4, 0.5) is 0 Å². The van der Waals surface area contributed by atoms with Crippen molar-refractivity contribution in [3.05, 3.63) is 0 Å². The van der Waals surface area contributed by atoms with Crippen LogP contribution >= 0.6 is 0 Å². The first-order valence-corrected chi connectivity index (χ1v) is 6.35. The lowest BCUT2D eigenvalue weighted by molar-refractivity contribution is -0.158. The van der Waals surface area contributed by atoms with Gasteiger partial charge in [-0.1, -0.05) is 0 Å². The summed E-state index contributed by atoms with van der Waals surface area (Å²) in [6, 6.07) is 0. The zero-order valence-corrected chi connectivity index (χ0v) is 12.4. The molecule has 0 saturated heterocycles. The molecule has 0 saturated carbocycles. The molecule has 0 aliphatic carbocycles. The van der Waals surface area contributed by atoms with Gasteiger partial charge in [-0.3, -0.25) is 19.3 Å². The fourth-order valence-electron chi connectivity index (χ4n) is 1.36. The number of ether oxygens (including phenoxy) is 1. The Balaban J connectivity index is 4.35. The van der Waals surface area contributed by atoms with Crippen molar-refractivity contribution in [2.24, 2.45) is 5.41 Å². The molecule has 0 fully saturated rings. The molecule has 0 atom stereocenters. The van der Waals surface area contributed by atoms with Crippen LogP contribution in [-0.2, 0) is 19.1 Å².